The van der Waals surface area contributed by atoms with Gasteiger partial charge in [-0.2, -0.15) is 0 Å². The van der Waals surface area contributed by atoms with E-state index in [2.05, 4.69) is 17.6 Å². The molecule has 0 radical (unpaired) electrons. The zero-order valence-corrected chi connectivity index (χ0v) is 9.39. The normalized spacial score (nSPS) is 34.9. The Morgan fingerprint density at radius 2 is 1.93 bits per heavy atom. The third kappa shape index (κ3) is 2.71. The predicted octanol–water partition coefficient (Wildman–Crippen LogP) is 1.91. The molecule has 0 spiro atoms. The molecule has 2 N–H and O–H groups in total. The van der Waals surface area contributed by atoms with E-state index in [-0.39, 0.29) is 0 Å². The second-order valence-corrected chi connectivity index (χ2v) is 5.07. The molecular weight excluding hydrogens is 172 g/mol. The van der Waals surface area contributed by atoms with Crippen molar-refractivity contribution in [1.29, 1.82) is 0 Å². The van der Waals surface area contributed by atoms with E-state index in [1.807, 2.05) is 0 Å². The van der Waals surface area contributed by atoms with Crippen molar-refractivity contribution in [3.8, 4) is 0 Å². The Labute approximate surface area is 87.8 Å². The molecule has 0 bridgehead atoms. The molecule has 2 rings (SSSR count). The molecule has 2 heteroatoms. The summed E-state index contributed by atoms with van der Waals surface area (Å²) < 4.78 is 0. The highest BCUT2D eigenvalue weighted by Crippen LogP contribution is 2.18. The lowest BCUT2D eigenvalue weighted by molar-refractivity contribution is 0.344. The molecule has 0 amide bonds. The average molecular weight is 196 g/mol. The monoisotopic (exact) mass is 196 g/mol. The molecule has 0 aromatic heterocycles. The molecule has 1 heterocycles. The van der Waals surface area contributed by atoms with Gasteiger partial charge in [0, 0.05) is 18.6 Å². The van der Waals surface area contributed by atoms with Gasteiger partial charge in [0.2, 0.25) is 0 Å². The van der Waals surface area contributed by atoms with E-state index in [1.165, 1.54) is 51.6 Å². The van der Waals surface area contributed by atoms with Crippen LogP contribution in [0.3, 0.4) is 0 Å². The topological polar surface area (TPSA) is 24.1 Å². The first-order valence-corrected chi connectivity index (χ1v) is 6.33. The Balaban J connectivity index is 1.65. The molecule has 82 valence electrons. The van der Waals surface area contributed by atoms with Crippen molar-refractivity contribution in [3.63, 3.8) is 0 Å². The number of nitrogens with one attached hydrogen (secondary N) is 2. The van der Waals surface area contributed by atoms with Crippen molar-refractivity contribution >= 4 is 0 Å². The van der Waals surface area contributed by atoms with Crippen LogP contribution in [-0.4, -0.2) is 25.2 Å². The van der Waals surface area contributed by atoms with E-state index in [4.69, 9.17) is 0 Å². The fraction of sp³-hybridized carbons (Fsp3) is 1.00. The van der Waals surface area contributed by atoms with Gasteiger partial charge in [0.25, 0.3) is 0 Å². The maximum Gasteiger partial charge on any atom is 0.0218 e. The van der Waals surface area contributed by atoms with Crippen LogP contribution in [0, 0.1) is 5.92 Å². The van der Waals surface area contributed by atoms with E-state index >= 15 is 0 Å². The molecule has 2 aliphatic rings. The highest BCUT2D eigenvalue weighted by atomic mass is 15.0. The van der Waals surface area contributed by atoms with Gasteiger partial charge in [-0.15, -0.1) is 0 Å². The summed E-state index contributed by atoms with van der Waals surface area (Å²) >= 11 is 0. The molecule has 2 atom stereocenters. The Morgan fingerprint density at radius 3 is 2.57 bits per heavy atom. The van der Waals surface area contributed by atoms with E-state index < -0.39 is 0 Å². The molecular formula is C12H24N2. The highest BCUT2D eigenvalue weighted by Gasteiger charge is 2.23. The summed E-state index contributed by atoms with van der Waals surface area (Å²) in [5, 5.41) is 7.31. The number of hydrogen-bond acceptors (Lipinski definition) is 2. The molecule has 0 aromatic carbocycles. The van der Waals surface area contributed by atoms with Crippen molar-refractivity contribution in [3.05, 3.63) is 0 Å². The molecule has 0 aromatic rings. The molecule has 1 saturated carbocycles. The lowest BCUT2D eigenvalue weighted by Gasteiger charge is -2.25. The van der Waals surface area contributed by atoms with Gasteiger partial charge < -0.3 is 10.6 Å². The molecule has 2 unspecified atom stereocenters. The fourth-order valence-electron chi connectivity index (χ4n) is 2.77. The van der Waals surface area contributed by atoms with Crippen molar-refractivity contribution in [2.75, 3.05) is 13.1 Å². The summed E-state index contributed by atoms with van der Waals surface area (Å²) in [5.41, 5.74) is 0. The van der Waals surface area contributed by atoms with Crippen LogP contribution in [-0.2, 0) is 0 Å². The lowest BCUT2D eigenvalue weighted by atomic mass is 9.95. The highest BCUT2D eigenvalue weighted by molar-refractivity contribution is 4.84. The third-order valence-corrected chi connectivity index (χ3v) is 3.92. The van der Waals surface area contributed by atoms with Crippen LogP contribution in [0.2, 0.25) is 0 Å². The second kappa shape index (κ2) is 5.13. The zero-order valence-electron chi connectivity index (χ0n) is 9.39. The predicted molar refractivity (Wildman–Crippen MR) is 60.4 cm³/mol. The molecule has 2 fully saturated rings. The van der Waals surface area contributed by atoms with Crippen molar-refractivity contribution < 1.29 is 0 Å². The first-order valence-electron chi connectivity index (χ1n) is 6.33. The van der Waals surface area contributed by atoms with E-state index in [0.29, 0.717) is 0 Å². The average Bonchev–Trinajstić information content (AvgIpc) is 2.63. The maximum atomic E-state index is 3.73. The zero-order chi connectivity index (χ0) is 9.80. The Kier molecular flexibility index (Phi) is 3.82. The molecule has 1 saturated heterocycles. The summed E-state index contributed by atoms with van der Waals surface area (Å²) in [7, 11) is 0. The minimum Gasteiger partial charge on any atom is -0.312 e. The maximum absolute atomic E-state index is 3.73. The van der Waals surface area contributed by atoms with Crippen LogP contribution < -0.4 is 10.6 Å². The Bertz CT molecular complexity index is 164. The minimum atomic E-state index is 0.733. The standard InChI is InChI=1S/C12H24N2/c1-10-7-8-13-12(10)9-14-11-5-3-2-4-6-11/h10-14H,2-9H2,1H3. The molecule has 14 heavy (non-hydrogen) atoms. The molecule has 2 nitrogen and oxygen atoms in total. The van der Waals surface area contributed by atoms with Gasteiger partial charge in [-0.3, -0.25) is 0 Å². The second-order valence-electron chi connectivity index (χ2n) is 5.07. The summed E-state index contributed by atoms with van der Waals surface area (Å²) in [6.45, 7) is 4.78. The quantitative estimate of drug-likeness (QED) is 0.720. The van der Waals surface area contributed by atoms with Gasteiger partial charge in [-0.1, -0.05) is 26.2 Å². The van der Waals surface area contributed by atoms with Gasteiger partial charge >= 0.3 is 0 Å². The van der Waals surface area contributed by atoms with Gasteiger partial charge in [0.05, 0.1) is 0 Å². The van der Waals surface area contributed by atoms with Gasteiger partial charge in [0.1, 0.15) is 0 Å². The van der Waals surface area contributed by atoms with Gasteiger partial charge in [-0.25, -0.2) is 0 Å². The van der Waals surface area contributed by atoms with E-state index in [9.17, 15) is 0 Å². The summed E-state index contributed by atoms with van der Waals surface area (Å²) in [6.07, 6.45) is 8.49. The lowest BCUT2D eigenvalue weighted by Crippen LogP contribution is -2.42. The smallest absolute Gasteiger partial charge is 0.0218 e. The fourth-order valence-corrected chi connectivity index (χ4v) is 2.77. The van der Waals surface area contributed by atoms with Crippen LogP contribution in [0.5, 0.6) is 0 Å². The van der Waals surface area contributed by atoms with Crippen molar-refractivity contribution in [2.45, 2.75) is 57.5 Å². The van der Waals surface area contributed by atoms with Crippen LogP contribution in [0.1, 0.15) is 45.4 Å². The first-order chi connectivity index (χ1) is 6.86. The van der Waals surface area contributed by atoms with E-state index in [0.717, 1.165) is 18.0 Å². The van der Waals surface area contributed by atoms with Crippen LogP contribution in [0.4, 0.5) is 0 Å². The van der Waals surface area contributed by atoms with Crippen molar-refractivity contribution in [2.24, 2.45) is 5.92 Å². The molecule has 1 aliphatic heterocycles. The Morgan fingerprint density at radius 1 is 1.14 bits per heavy atom. The SMILES string of the molecule is CC1CCNC1CNC1CCCCC1. The molecule has 1 aliphatic carbocycles. The van der Waals surface area contributed by atoms with Gasteiger partial charge in [-0.05, 0) is 31.7 Å². The van der Waals surface area contributed by atoms with Gasteiger partial charge in [0.15, 0.2) is 0 Å². The van der Waals surface area contributed by atoms with Crippen LogP contribution >= 0.6 is 0 Å². The van der Waals surface area contributed by atoms with Crippen LogP contribution in [0.15, 0.2) is 0 Å². The van der Waals surface area contributed by atoms with Crippen molar-refractivity contribution in [1.82, 2.24) is 10.6 Å². The Hall–Kier alpha value is -0.0800. The summed E-state index contributed by atoms with van der Waals surface area (Å²) in [4.78, 5) is 0. The number of rotatable bonds is 3. The van der Waals surface area contributed by atoms with E-state index in [1.54, 1.807) is 0 Å². The largest absolute Gasteiger partial charge is 0.312 e. The first kappa shape index (κ1) is 10.4. The third-order valence-electron chi connectivity index (χ3n) is 3.92. The van der Waals surface area contributed by atoms with Crippen LogP contribution in [0.25, 0.3) is 0 Å². The summed E-state index contributed by atoms with van der Waals surface area (Å²) in [6, 6.07) is 1.55. The summed E-state index contributed by atoms with van der Waals surface area (Å²) in [5.74, 6) is 0.867. The number of hydrogen-bond donors (Lipinski definition) is 2. The minimum absolute atomic E-state index is 0.733.